The summed E-state index contributed by atoms with van der Waals surface area (Å²) in [6.07, 6.45) is 5.29. The van der Waals surface area contributed by atoms with Gasteiger partial charge >= 0.3 is 0 Å². The van der Waals surface area contributed by atoms with Gasteiger partial charge in [-0.3, -0.25) is 0 Å². The van der Waals surface area contributed by atoms with E-state index >= 15 is 0 Å². The lowest BCUT2D eigenvalue weighted by molar-refractivity contribution is 0.249. The van der Waals surface area contributed by atoms with Crippen molar-refractivity contribution in [1.82, 2.24) is 24.8 Å². The van der Waals surface area contributed by atoms with E-state index in [-0.39, 0.29) is 5.02 Å². The van der Waals surface area contributed by atoms with Gasteiger partial charge in [0.25, 0.3) is 0 Å². The number of nitrogens with zero attached hydrogens (tertiary/aromatic N) is 6. The summed E-state index contributed by atoms with van der Waals surface area (Å²) in [6.45, 7) is 1.80. The van der Waals surface area contributed by atoms with Gasteiger partial charge in [-0.25, -0.2) is 24.3 Å². The zero-order valence-electron chi connectivity index (χ0n) is 15.7. The monoisotopic (exact) mass is 401 g/mol. The van der Waals surface area contributed by atoms with E-state index in [0.29, 0.717) is 34.5 Å². The van der Waals surface area contributed by atoms with Gasteiger partial charge in [0.05, 0.1) is 11.2 Å². The van der Waals surface area contributed by atoms with Crippen molar-refractivity contribution in [3.63, 3.8) is 0 Å². The molecule has 0 saturated carbocycles. The van der Waals surface area contributed by atoms with Crippen LogP contribution in [0.4, 0.5) is 21.8 Å². The first-order valence-corrected chi connectivity index (χ1v) is 9.50. The van der Waals surface area contributed by atoms with Crippen LogP contribution in [-0.4, -0.2) is 58.1 Å². The highest BCUT2D eigenvalue weighted by Crippen LogP contribution is 2.26. The zero-order valence-corrected chi connectivity index (χ0v) is 16.5. The third-order valence-corrected chi connectivity index (χ3v) is 5.31. The van der Waals surface area contributed by atoms with Gasteiger partial charge in [-0.05, 0) is 45.1 Å². The van der Waals surface area contributed by atoms with Gasteiger partial charge < -0.3 is 15.1 Å². The maximum Gasteiger partial charge on any atom is 0.226 e. The predicted molar refractivity (Wildman–Crippen MR) is 109 cm³/mol. The van der Waals surface area contributed by atoms with Crippen LogP contribution < -0.4 is 10.2 Å². The van der Waals surface area contributed by atoms with E-state index in [9.17, 15) is 4.39 Å². The number of benzene rings is 1. The van der Waals surface area contributed by atoms with Crippen LogP contribution in [-0.2, 0) is 0 Å². The standard InChI is InChI=1S/C19H21ClFN7/c1-27(2)13-5-7-28(8-6-13)19-22-10-16-17(26-19)18(24-11-23-16)25-12-3-4-15(21)14(20)9-12/h3-4,9-11,13H,5-8H2,1-2H3,(H,23,24,25). The first kappa shape index (κ1) is 18.8. The molecular weight excluding hydrogens is 381 g/mol. The largest absolute Gasteiger partial charge is 0.341 e. The Bertz CT molecular complexity index is 989. The Morgan fingerprint density at radius 3 is 2.68 bits per heavy atom. The number of piperidine rings is 1. The molecule has 0 unspecified atom stereocenters. The third-order valence-electron chi connectivity index (χ3n) is 5.02. The van der Waals surface area contributed by atoms with Gasteiger partial charge in [0.2, 0.25) is 5.95 Å². The Hall–Kier alpha value is -2.58. The molecule has 3 heterocycles. The molecule has 0 spiro atoms. The number of hydrogen-bond acceptors (Lipinski definition) is 7. The molecule has 4 rings (SSSR count). The first-order valence-electron chi connectivity index (χ1n) is 9.12. The molecule has 7 nitrogen and oxygen atoms in total. The fraction of sp³-hybridized carbons (Fsp3) is 0.368. The van der Waals surface area contributed by atoms with Gasteiger partial charge in [-0.15, -0.1) is 0 Å². The van der Waals surface area contributed by atoms with Crippen molar-refractivity contribution in [3.05, 3.63) is 41.6 Å². The number of fused-ring (bicyclic) bond motifs is 1. The van der Waals surface area contributed by atoms with Gasteiger partial charge in [-0.1, -0.05) is 11.6 Å². The number of rotatable bonds is 4. The predicted octanol–water partition coefficient (Wildman–Crippen LogP) is 3.49. The maximum atomic E-state index is 13.4. The van der Waals surface area contributed by atoms with Crippen molar-refractivity contribution in [2.24, 2.45) is 0 Å². The number of halogens is 2. The molecule has 146 valence electrons. The molecule has 1 fully saturated rings. The van der Waals surface area contributed by atoms with Crippen molar-refractivity contribution in [2.45, 2.75) is 18.9 Å². The molecular formula is C19H21ClFN7. The highest BCUT2D eigenvalue weighted by atomic mass is 35.5. The fourth-order valence-electron chi connectivity index (χ4n) is 3.38. The van der Waals surface area contributed by atoms with Crippen molar-refractivity contribution >= 4 is 40.1 Å². The quantitative estimate of drug-likeness (QED) is 0.717. The number of hydrogen-bond donors (Lipinski definition) is 1. The van der Waals surface area contributed by atoms with E-state index < -0.39 is 5.82 Å². The van der Waals surface area contributed by atoms with Crippen molar-refractivity contribution in [2.75, 3.05) is 37.4 Å². The first-order chi connectivity index (χ1) is 13.5. The van der Waals surface area contributed by atoms with Crippen LogP contribution in [0.3, 0.4) is 0 Å². The second-order valence-electron chi connectivity index (χ2n) is 7.06. The summed E-state index contributed by atoms with van der Waals surface area (Å²) in [5.74, 6) is 0.727. The van der Waals surface area contributed by atoms with Gasteiger partial charge in [0, 0.05) is 24.8 Å². The second-order valence-corrected chi connectivity index (χ2v) is 7.47. The van der Waals surface area contributed by atoms with Crippen LogP contribution in [0.25, 0.3) is 11.0 Å². The van der Waals surface area contributed by atoms with E-state index in [1.807, 2.05) is 0 Å². The summed E-state index contributed by atoms with van der Waals surface area (Å²) in [7, 11) is 4.23. The van der Waals surface area contributed by atoms with E-state index in [4.69, 9.17) is 16.6 Å². The fourth-order valence-corrected chi connectivity index (χ4v) is 3.56. The normalized spacial score (nSPS) is 15.4. The average Bonchev–Trinajstić information content (AvgIpc) is 2.71. The highest BCUT2D eigenvalue weighted by molar-refractivity contribution is 6.31. The van der Waals surface area contributed by atoms with E-state index in [2.05, 4.69) is 44.2 Å². The number of nitrogens with one attached hydrogen (secondary N) is 1. The summed E-state index contributed by atoms with van der Waals surface area (Å²) in [6, 6.07) is 5.01. The Kier molecular flexibility index (Phi) is 5.23. The molecule has 0 radical (unpaired) electrons. The summed E-state index contributed by atoms with van der Waals surface area (Å²) in [4.78, 5) is 22.2. The minimum Gasteiger partial charge on any atom is -0.341 e. The molecule has 1 aromatic carbocycles. The van der Waals surface area contributed by atoms with Crippen molar-refractivity contribution in [1.29, 1.82) is 0 Å². The third kappa shape index (κ3) is 3.83. The van der Waals surface area contributed by atoms with Crippen LogP contribution in [0, 0.1) is 5.82 Å². The summed E-state index contributed by atoms with van der Waals surface area (Å²) >= 11 is 5.88. The Morgan fingerprint density at radius 1 is 1.18 bits per heavy atom. The molecule has 1 aliphatic rings. The smallest absolute Gasteiger partial charge is 0.226 e. The minimum absolute atomic E-state index is 0.0439. The molecule has 3 aromatic rings. The van der Waals surface area contributed by atoms with E-state index in [0.717, 1.165) is 25.9 Å². The summed E-state index contributed by atoms with van der Waals surface area (Å²) in [5, 5.41) is 3.19. The Balaban J connectivity index is 1.61. The molecule has 1 N–H and O–H groups in total. The molecule has 0 atom stereocenters. The molecule has 0 bridgehead atoms. The van der Waals surface area contributed by atoms with Gasteiger partial charge in [0.15, 0.2) is 5.82 Å². The molecule has 0 amide bonds. The molecule has 9 heteroatoms. The Morgan fingerprint density at radius 2 is 1.96 bits per heavy atom. The van der Waals surface area contributed by atoms with Crippen LogP contribution in [0.1, 0.15) is 12.8 Å². The lowest BCUT2D eigenvalue weighted by Gasteiger charge is -2.35. The molecule has 2 aromatic heterocycles. The maximum absolute atomic E-state index is 13.4. The lowest BCUT2D eigenvalue weighted by atomic mass is 10.0. The number of anilines is 3. The minimum atomic E-state index is -0.467. The van der Waals surface area contributed by atoms with E-state index in [1.54, 1.807) is 12.3 Å². The molecule has 28 heavy (non-hydrogen) atoms. The topological polar surface area (TPSA) is 70.1 Å². The molecule has 0 aliphatic carbocycles. The SMILES string of the molecule is CN(C)C1CCN(c2ncc3ncnc(Nc4ccc(F)c(Cl)c4)c3n2)CC1. The zero-order chi connectivity index (χ0) is 19.7. The van der Waals surface area contributed by atoms with E-state index in [1.165, 1.54) is 18.5 Å². The summed E-state index contributed by atoms with van der Waals surface area (Å²) in [5.41, 5.74) is 1.87. The van der Waals surface area contributed by atoms with Crippen molar-refractivity contribution < 1.29 is 4.39 Å². The summed E-state index contributed by atoms with van der Waals surface area (Å²) < 4.78 is 13.4. The molecule has 1 saturated heterocycles. The molecule has 1 aliphatic heterocycles. The lowest BCUT2D eigenvalue weighted by Crippen LogP contribution is -2.42. The number of aromatic nitrogens is 4. The van der Waals surface area contributed by atoms with Crippen LogP contribution in [0.2, 0.25) is 5.02 Å². The van der Waals surface area contributed by atoms with Gasteiger partial charge in [-0.2, -0.15) is 0 Å². The second kappa shape index (κ2) is 7.81. The van der Waals surface area contributed by atoms with Crippen molar-refractivity contribution in [3.8, 4) is 0 Å². The van der Waals surface area contributed by atoms with Gasteiger partial charge in [0.1, 0.15) is 23.2 Å². The average molecular weight is 402 g/mol. The highest BCUT2D eigenvalue weighted by Gasteiger charge is 2.22. The van der Waals surface area contributed by atoms with Crippen LogP contribution in [0.15, 0.2) is 30.7 Å². The van der Waals surface area contributed by atoms with Crippen LogP contribution >= 0.6 is 11.6 Å². The van der Waals surface area contributed by atoms with Crippen LogP contribution in [0.5, 0.6) is 0 Å². The Labute approximate surface area is 167 Å².